The normalized spacial score (nSPS) is 22.8. The lowest BCUT2D eigenvalue weighted by molar-refractivity contribution is 0.177. The molecule has 0 radical (unpaired) electrons. The molecule has 1 fully saturated rings. The first-order chi connectivity index (χ1) is 10.2. The molecule has 1 aromatic rings. The van der Waals surface area contributed by atoms with Gasteiger partial charge in [0.2, 0.25) is 0 Å². The maximum Gasteiger partial charge on any atom is 0.314 e. The minimum atomic E-state index is -0.178. The second-order valence-corrected chi connectivity index (χ2v) is 5.94. The number of urea groups is 1. The van der Waals surface area contributed by atoms with Crippen molar-refractivity contribution in [2.75, 3.05) is 13.1 Å². The van der Waals surface area contributed by atoms with Crippen molar-refractivity contribution >= 4 is 6.03 Å². The van der Waals surface area contributed by atoms with Crippen LogP contribution in [0.5, 0.6) is 0 Å². The van der Waals surface area contributed by atoms with Crippen LogP contribution in [-0.4, -0.2) is 30.3 Å². The average molecular weight is 290 g/mol. The molecule has 2 rings (SSSR count). The number of hydrogen-bond acceptors (Lipinski definition) is 2. The van der Waals surface area contributed by atoms with Gasteiger partial charge in [0, 0.05) is 19.0 Å². The zero-order chi connectivity index (χ0) is 15.1. The van der Waals surface area contributed by atoms with Gasteiger partial charge in [-0.25, -0.2) is 4.79 Å². The number of amides is 2. The molecule has 4 heteroatoms. The fourth-order valence-corrected chi connectivity index (χ4v) is 2.97. The highest BCUT2D eigenvalue weighted by atomic mass is 16.3. The molecule has 0 aliphatic heterocycles. The third-order valence-electron chi connectivity index (χ3n) is 4.34. The Bertz CT molecular complexity index is 436. The minimum absolute atomic E-state index is 0.106. The molecule has 0 unspecified atom stereocenters. The minimum Gasteiger partial charge on any atom is -0.393 e. The number of aliphatic hydroxyl groups excluding tert-OH is 1. The van der Waals surface area contributed by atoms with Gasteiger partial charge in [-0.2, -0.15) is 0 Å². The van der Waals surface area contributed by atoms with E-state index in [-0.39, 0.29) is 12.1 Å². The lowest BCUT2D eigenvalue weighted by atomic mass is 9.97. The van der Waals surface area contributed by atoms with Crippen LogP contribution in [0.2, 0.25) is 0 Å². The number of carbonyl (C=O) groups is 1. The van der Waals surface area contributed by atoms with E-state index in [9.17, 15) is 9.90 Å². The van der Waals surface area contributed by atoms with Gasteiger partial charge in [-0.3, -0.25) is 0 Å². The maximum atomic E-state index is 11.8. The average Bonchev–Trinajstić information content (AvgIpc) is 2.92. The lowest BCUT2D eigenvalue weighted by Gasteiger charge is -2.17. The van der Waals surface area contributed by atoms with Gasteiger partial charge in [-0.05, 0) is 37.2 Å². The van der Waals surface area contributed by atoms with Crippen molar-refractivity contribution in [2.45, 2.75) is 44.6 Å². The third kappa shape index (κ3) is 5.05. The van der Waals surface area contributed by atoms with Crippen LogP contribution in [0.3, 0.4) is 0 Å². The zero-order valence-corrected chi connectivity index (χ0v) is 12.7. The highest BCUT2D eigenvalue weighted by molar-refractivity contribution is 5.73. The summed E-state index contributed by atoms with van der Waals surface area (Å²) in [5.74, 6) is 0.770. The Labute approximate surface area is 126 Å². The van der Waals surface area contributed by atoms with Gasteiger partial charge >= 0.3 is 6.03 Å². The highest BCUT2D eigenvalue weighted by Crippen LogP contribution is 2.24. The first-order valence-corrected chi connectivity index (χ1v) is 7.93. The van der Waals surface area contributed by atoms with Crippen molar-refractivity contribution in [3.63, 3.8) is 0 Å². The highest BCUT2D eigenvalue weighted by Gasteiger charge is 2.22. The monoisotopic (exact) mass is 290 g/mol. The summed E-state index contributed by atoms with van der Waals surface area (Å²) in [4.78, 5) is 11.8. The van der Waals surface area contributed by atoms with E-state index in [4.69, 9.17) is 0 Å². The SMILES string of the molecule is CC[C@H](CNC(=O)NC[C@@H]1CC[C@@H](O)C1)c1ccccc1. The van der Waals surface area contributed by atoms with E-state index < -0.39 is 0 Å². The summed E-state index contributed by atoms with van der Waals surface area (Å²) < 4.78 is 0. The van der Waals surface area contributed by atoms with Crippen molar-refractivity contribution < 1.29 is 9.90 Å². The fraction of sp³-hybridized carbons (Fsp3) is 0.588. The third-order valence-corrected chi connectivity index (χ3v) is 4.34. The predicted molar refractivity (Wildman–Crippen MR) is 84.2 cm³/mol. The Hall–Kier alpha value is -1.55. The van der Waals surface area contributed by atoms with Gasteiger partial charge in [0.15, 0.2) is 0 Å². The first-order valence-electron chi connectivity index (χ1n) is 7.93. The van der Waals surface area contributed by atoms with Crippen LogP contribution in [0.15, 0.2) is 30.3 Å². The summed E-state index contributed by atoms with van der Waals surface area (Å²) in [5.41, 5.74) is 1.26. The van der Waals surface area contributed by atoms with Crippen molar-refractivity contribution in [3.8, 4) is 0 Å². The Morgan fingerprint density at radius 1 is 1.29 bits per heavy atom. The molecule has 0 aromatic heterocycles. The van der Waals surface area contributed by atoms with Gasteiger partial charge in [-0.1, -0.05) is 37.3 Å². The quantitative estimate of drug-likeness (QED) is 0.754. The summed E-state index contributed by atoms with van der Waals surface area (Å²) >= 11 is 0. The summed E-state index contributed by atoms with van der Waals surface area (Å²) in [7, 11) is 0. The number of rotatable bonds is 6. The summed E-state index contributed by atoms with van der Waals surface area (Å²) in [6.45, 7) is 3.45. The molecule has 0 heterocycles. The Kier molecular flexibility index (Phi) is 6.05. The molecule has 1 aliphatic rings. The van der Waals surface area contributed by atoms with E-state index in [1.165, 1.54) is 5.56 Å². The Balaban J connectivity index is 1.70. The Morgan fingerprint density at radius 3 is 2.67 bits per heavy atom. The lowest BCUT2D eigenvalue weighted by Crippen LogP contribution is -2.39. The topological polar surface area (TPSA) is 61.4 Å². The molecular formula is C17H26N2O2. The molecule has 4 nitrogen and oxygen atoms in total. The van der Waals surface area contributed by atoms with Crippen molar-refractivity contribution in [3.05, 3.63) is 35.9 Å². The second-order valence-electron chi connectivity index (χ2n) is 5.94. The molecular weight excluding hydrogens is 264 g/mol. The number of hydrogen-bond donors (Lipinski definition) is 3. The largest absolute Gasteiger partial charge is 0.393 e. The van der Waals surface area contributed by atoms with E-state index in [1.807, 2.05) is 18.2 Å². The van der Waals surface area contributed by atoms with E-state index >= 15 is 0 Å². The molecule has 3 N–H and O–H groups in total. The van der Waals surface area contributed by atoms with Gasteiger partial charge in [0.25, 0.3) is 0 Å². The van der Waals surface area contributed by atoms with Crippen LogP contribution >= 0.6 is 0 Å². The van der Waals surface area contributed by atoms with Crippen LogP contribution in [-0.2, 0) is 0 Å². The number of carbonyl (C=O) groups excluding carboxylic acids is 1. The second kappa shape index (κ2) is 8.03. The van der Waals surface area contributed by atoms with Crippen molar-refractivity contribution in [1.29, 1.82) is 0 Å². The van der Waals surface area contributed by atoms with Crippen LogP contribution in [0, 0.1) is 5.92 Å². The van der Waals surface area contributed by atoms with E-state index in [0.717, 1.165) is 25.7 Å². The van der Waals surface area contributed by atoms with Crippen molar-refractivity contribution in [2.24, 2.45) is 5.92 Å². The molecule has 1 saturated carbocycles. The molecule has 1 aromatic carbocycles. The van der Waals surface area contributed by atoms with Crippen LogP contribution < -0.4 is 10.6 Å². The summed E-state index contributed by atoms with van der Waals surface area (Å²) in [5, 5.41) is 15.3. The first kappa shape index (κ1) is 15.8. The van der Waals surface area contributed by atoms with Gasteiger partial charge < -0.3 is 15.7 Å². The number of aliphatic hydroxyl groups is 1. The zero-order valence-electron chi connectivity index (χ0n) is 12.7. The predicted octanol–water partition coefficient (Wildman–Crippen LogP) is 2.64. The molecule has 0 spiro atoms. The number of benzene rings is 1. The fourth-order valence-electron chi connectivity index (χ4n) is 2.97. The van der Waals surface area contributed by atoms with Crippen LogP contribution in [0.1, 0.15) is 44.1 Å². The molecule has 2 amide bonds. The molecule has 1 aliphatic carbocycles. The smallest absolute Gasteiger partial charge is 0.314 e. The number of nitrogens with one attached hydrogen (secondary N) is 2. The molecule has 3 atom stereocenters. The van der Waals surface area contributed by atoms with Gasteiger partial charge in [0.1, 0.15) is 0 Å². The summed E-state index contributed by atoms with van der Waals surface area (Å²) in [6.07, 6.45) is 3.49. The summed E-state index contributed by atoms with van der Waals surface area (Å²) in [6, 6.07) is 10.2. The van der Waals surface area contributed by atoms with E-state index in [2.05, 4.69) is 29.7 Å². The van der Waals surface area contributed by atoms with E-state index in [0.29, 0.717) is 24.9 Å². The molecule has 0 saturated heterocycles. The molecule has 116 valence electrons. The Morgan fingerprint density at radius 2 is 2.05 bits per heavy atom. The molecule has 0 bridgehead atoms. The van der Waals surface area contributed by atoms with E-state index in [1.54, 1.807) is 0 Å². The standard InChI is InChI=1S/C17H26N2O2/c1-2-14(15-6-4-3-5-7-15)12-19-17(21)18-11-13-8-9-16(20)10-13/h3-7,13-14,16,20H,2,8-12H2,1H3,(H2,18,19,21)/t13-,14-,16-/m1/s1. The molecule has 21 heavy (non-hydrogen) atoms. The van der Waals surface area contributed by atoms with Gasteiger partial charge in [0.05, 0.1) is 6.10 Å². The van der Waals surface area contributed by atoms with Crippen molar-refractivity contribution in [1.82, 2.24) is 10.6 Å². The van der Waals surface area contributed by atoms with Crippen LogP contribution in [0.25, 0.3) is 0 Å². The maximum absolute atomic E-state index is 11.8. The van der Waals surface area contributed by atoms with Crippen LogP contribution in [0.4, 0.5) is 4.79 Å². The van der Waals surface area contributed by atoms with Gasteiger partial charge in [-0.15, -0.1) is 0 Å².